The molecule has 0 amide bonds. The second-order valence-electron chi connectivity index (χ2n) is 16.9. The highest BCUT2D eigenvalue weighted by atomic mass is 16.5. The maximum Gasteiger partial charge on any atom is 0.152 e. The lowest BCUT2D eigenvalue weighted by atomic mass is 9.93. The summed E-state index contributed by atoms with van der Waals surface area (Å²) >= 11 is 0. The predicted octanol–water partition coefficient (Wildman–Crippen LogP) is 17.3. The summed E-state index contributed by atoms with van der Waals surface area (Å²) in [5.41, 5.74) is 16.0. The largest absolute Gasteiger partial charge is 0.453 e. The highest BCUT2D eigenvalue weighted by Gasteiger charge is 2.25. The fourth-order valence-corrected chi connectivity index (χ4v) is 10.0. The van der Waals surface area contributed by atoms with Crippen LogP contribution in [0.1, 0.15) is 0 Å². The van der Waals surface area contributed by atoms with E-state index in [2.05, 4.69) is 240 Å². The van der Waals surface area contributed by atoms with Crippen LogP contribution in [-0.4, -0.2) is 4.57 Å². The van der Waals surface area contributed by atoms with Crippen molar-refractivity contribution >= 4 is 60.4 Å². The predicted molar refractivity (Wildman–Crippen MR) is 272 cm³/mol. The van der Waals surface area contributed by atoms with Crippen molar-refractivity contribution < 1.29 is 4.74 Å². The Morgan fingerprint density at radius 3 is 1.58 bits per heavy atom. The van der Waals surface area contributed by atoms with Crippen LogP contribution in [0, 0.1) is 0 Å². The van der Waals surface area contributed by atoms with Crippen LogP contribution in [0.25, 0.3) is 93.5 Å². The van der Waals surface area contributed by atoms with Crippen molar-refractivity contribution in [3.8, 4) is 61.7 Å². The molecule has 0 aliphatic carbocycles. The van der Waals surface area contributed by atoms with E-state index in [-0.39, 0.29) is 0 Å². The number of fused-ring (bicyclic) bond motifs is 7. The number of nitrogens with zero attached hydrogens (tertiary/aromatic N) is 2. The summed E-state index contributed by atoms with van der Waals surface area (Å²) in [7, 11) is 0. The molecule has 1 aromatic heterocycles. The molecule has 0 bridgehead atoms. The second kappa shape index (κ2) is 15.0. The molecule has 2 heterocycles. The molecular weight excluding hydrogens is 789 g/mol. The van der Waals surface area contributed by atoms with Crippen molar-refractivity contribution in [3.05, 3.63) is 243 Å². The van der Waals surface area contributed by atoms with Crippen LogP contribution in [0.4, 0.5) is 17.1 Å². The van der Waals surface area contributed by atoms with Gasteiger partial charge in [0, 0.05) is 27.7 Å². The summed E-state index contributed by atoms with van der Waals surface area (Å²) < 4.78 is 8.81. The molecule has 0 unspecified atom stereocenters. The third-order valence-corrected chi connectivity index (χ3v) is 13.2. The van der Waals surface area contributed by atoms with Crippen molar-refractivity contribution in [2.24, 2.45) is 0 Å². The molecule has 0 atom stereocenters. The minimum atomic E-state index is 0.866. The van der Waals surface area contributed by atoms with Crippen LogP contribution in [0.3, 0.4) is 0 Å². The smallest absolute Gasteiger partial charge is 0.152 e. The first-order chi connectivity index (χ1) is 32.2. The van der Waals surface area contributed by atoms with Crippen LogP contribution in [0.2, 0.25) is 0 Å². The van der Waals surface area contributed by atoms with E-state index in [4.69, 9.17) is 4.74 Å². The third-order valence-electron chi connectivity index (χ3n) is 13.2. The third kappa shape index (κ3) is 6.20. The number of anilines is 3. The fraction of sp³-hybridized carbons (Fsp3) is 0. The maximum atomic E-state index is 6.45. The van der Waals surface area contributed by atoms with Crippen molar-refractivity contribution in [3.63, 3.8) is 0 Å². The number of para-hydroxylation sites is 4. The lowest BCUT2D eigenvalue weighted by molar-refractivity contribution is 0.476. The molecule has 13 rings (SSSR count). The minimum absolute atomic E-state index is 0.866. The molecule has 0 radical (unpaired) electrons. The van der Waals surface area contributed by atoms with Crippen LogP contribution in [0.5, 0.6) is 11.5 Å². The van der Waals surface area contributed by atoms with Crippen molar-refractivity contribution in [1.82, 2.24) is 4.57 Å². The van der Waals surface area contributed by atoms with E-state index in [0.29, 0.717) is 0 Å². The topological polar surface area (TPSA) is 17.4 Å². The molecule has 304 valence electrons. The van der Waals surface area contributed by atoms with E-state index in [1.165, 1.54) is 65.7 Å². The number of aromatic nitrogens is 1. The highest BCUT2D eigenvalue weighted by Crippen LogP contribution is 2.48. The zero-order valence-corrected chi connectivity index (χ0v) is 35.4. The van der Waals surface area contributed by atoms with Crippen molar-refractivity contribution in [2.75, 3.05) is 4.90 Å². The van der Waals surface area contributed by atoms with Gasteiger partial charge < -0.3 is 14.2 Å². The van der Waals surface area contributed by atoms with Gasteiger partial charge in [0.05, 0.1) is 22.4 Å². The van der Waals surface area contributed by atoms with Gasteiger partial charge in [0.25, 0.3) is 0 Å². The number of hydrogen-bond acceptors (Lipinski definition) is 2. The zero-order valence-electron chi connectivity index (χ0n) is 35.4. The summed E-state index contributed by atoms with van der Waals surface area (Å²) in [6.45, 7) is 0. The first-order valence-corrected chi connectivity index (χ1v) is 22.2. The van der Waals surface area contributed by atoms with Gasteiger partial charge in [-0.25, -0.2) is 0 Å². The summed E-state index contributed by atoms with van der Waals surface area (Å²) in [5, 5.41) is 7.33. The first-order valence-electron chi connectivity index (χ1n) is 22.2. The lowest BCUT2D eigenvalue weighted by Gasteiger charge is -2.28. The molecule has 0 saturated carbocycles. The van der Waals surface area contributed by atoms with Gasteiger partial charge in [-0.05, 0) is 133 Å². The van der Waals surface area contributed by atoms with Gasteiger partial charge in [-0.3, -0.25) is 0 Å². The van der Waals surface area contributed by atoms with Crippen molar-refractivity contribution in [2.45, 2.75) is 0 Å². The normalized spacial score (nSPS) is 11.8. The molecule has 3 nitrogen and oxygen atoms in total. The SMILES string of the molecule is c1ccc2c(c1)Oc1cccc3c4cc(-c5ccccc5N(c5ccc(-c6ccc7ccccc7c6)cc5)c5ccc(-c6ccccc6-c6ccc7ccccc7c6)cc5)ccc4n-2c13. The summed E-state index contributed by atoms with van der Waals surface area (Å²) in [4.78, 5) is 2.41. The Morgan fingerprint density at radius 1 is 0.323 bits per heavy atom. The van der Waals surface area contributed by atoms with Crippen LogP contribution < -0.4 is 9.64 Å². The van der Waals surface area contributed by atoms with E-state index in [1.54, 1.807) is 0 Å². The molecule has 1 aliphatic heterocycles. The summed E-state index contributed by atoms with van der Waals surface area (Å²) in [6, 6.07) is 87.9. The summed E-state index contributed by atoms with van der Waals surface area (Å²) in [5.74, 6) is 1.74. The first kappa shape index (κ1) is 36.9. The van der Waals surface area contributed by atoms with Gasteiger partial charge in [0.2, 0.25) is 0 Å². The molecule has 0 saturated heterocycles. The van der Waals surface area contributed by atoms with E-state index in [1.807, 2.05) is 12.1 Å². The van der Waals surface area contributed by atoms with Gasteiger partial charge in [-0.2, -0.15) is 0 Å². The number of benzene rings is 11. The standard InChI is InChI=1S/C62H40N2O/c1-3-14-45-38-47(26-24-41(45)12-1)43-28-33-50(34-29-43)63(51-35-30-44(31-36-51)52-16-5-6-17-53(52)48-27-25-42-13-2-4-15-46(42)39-48)57-20-8-7-18-54(57)49-32-37-58-56(40-49)55-19-11-23-61-62(55)64(58)59-21-9-10-22-60(59)65-61/h1-40H. The van der Waals surface area contributed by atoms with Crippen LogP contribution >= 0.6 is 0 Å². The van der Waals surface area contributed by atoms with Gasteiger partial charge in [-0.15, -0.1) is 0 Å². The van der Waals surface area contributed by atoms with Gasteiger partial charge >= 0.3 is 0 Å². The number of hydrogen-bond donors (Lipinski definition) is 0. The minimum Gasteiger partial charge on any atom is -0.453 e. The van der Waals surface area contributed by atoms with Crippen LogP contribution in [-0.2, 0) is 0 Å². The van der Waals surface area contributed by atoms with Gasteiger partial charge in [0.15, 0.2) is 11.5 Å². The van der Waals surface area contributed by atoms with E-state index in [9.17, 15) is 0 Å². The molecule has 12 aromatic rings. The van der Waals surface area contributed by atoms with Crippen LogP contribution in [0.15, 0.2) is 243 Å². The maximum absolute atomic E-state index is 6.45. The Morgan fingerprint density at radius 2 is 0.846 bits per heavy atom. The molecular formula is C62H40N2O. The Hall–Kier alpha value is -8.66. The molecule has 0 N–H and O–H groups in total. The molecule has 0 fully saturated rings. The van der Waals surface area contributed by atoms with E-state index in [0.717, 1.165) is 56.4 Å². The number of rotatable bonds is 7. The average Bonchev–Trinajstić information content (AvgIpc) is 3.71. The average molecular weight is 829 g/mol. The molecule has 0 spiro atoms. The second-order valence-corrected chi connectivity index (χ2v) is 16.9. The molecule has 65 heavy (non-hydrogen) atoms. The Kier molecular flexibility index (Phi) is 8.53. The zero-order chi connectivity index (χ0) is 42.8. The van der Waals surface area contributed by atoms with Gasteiger partial charge in [0.1, 0.15) is 0 Å². The Bertz CT molecular complexity index is 3810. The summed E-state index contributed by atoms with van der Waals surface area (Å²) in [6.07, 6.45) is 0. The fourth-order valence-electron chi connectivity index (χ4n) is 10.0. The quantitative estimate of drug-likeness (QED) is 0.159. The molecule has 11 aromatic carbocycles. The highest BCUT2D eigenvalue weighted by molar-refractivity contribution is 6.13. The Labute approximate surface area is 377 Å². The molecule has 1 aliphatic rings. The lowest BCUT2D eigenvalue weighted by Crippen LogP contribution is -2.11. The monoisotopic (exact) mass is 828 g/mol. The Balaban J connectivity index is 0.945. The van der Waals surface area contributed by atoms with E-state index < -0.39 is 0 Å². The molecule has 3 heteroatoms. The van der Waals surface area contributed by atoms with Gasteiger partial charge in [-0.1, -0.05) is 170 Å². The number of ether oxygens (including phenoxy) is 1. The van der Waals surface area contributed by atoms with Crippen molar-refractivity contribution in [1.29, 1.82) is 0 Å². The van der Waals surface area contributed by atoms with E-state index >= 15 is 0 Å².